The van der Waals surface area contributed by atoms with Crippen LogP contribution in [0.25, 0.3) is 5.70 Å². The van der Waals surface area contributed by atoms with Crippen LogP contribution in [0.4, 0.5) is 0 Å². The van der Waals surface area contributed by atoms with Crippen LogP contribution >= 0.6 is 11.6 Å². The molecular weight excluding hydrogens is 398 g/mol. The molecule has 1 aromatic carbocycles. The summed E-state index contributed by atoms with van der Waals surface area (Å²) in [4.78, 5) is 6.77. The van der Waals surface area contributed by atoms with Gasteiger partial charge in [0.2, 0.25) is 0 Å². The third-order valence-electron chi connectivity index (χ3n) is 5.81. The summed E-state index contributed by atoms with van der Waals surface area (Å²) < 4.78 is 0. The van der Waals surface area contributed by atoms with E-state index in [1.54, 1.807) is 0 Å². The Morgan fingerprint density at radius 2 is 1.67 bits per heavy atom. The van der Waals surface area contributed by atoms with E-state index in [2.05, 4.69) is 22.2 Å². The summed E-state index contributed by atoms with van der Waals surface area (Å²) in [5.74, 6) is 0.742. The van der Waals surface area contributed by atoms with Gasteiger partial charge < -0.3 is 26.6 Å². The van der Waals surface area contributed by atoms with Gasteiger partial charge in [-0.2, -0.15) is 0 Å². The largest absolute Gasteiger partial charge is 0.397 e. The Morgan fingerprint density at radius 3 is 2.30 bits per heavy atom. The van der Waals surface area contributed by atoms with Gasteiger partial charge in [0, 0.05) is 52.4 Å². The summed E-state index contributed by atoms with van der Waals surface area (Å²) in [5.41, 5.74) is 14.5. The minimum atomic E-state index is 0.322. The van der Waals surface area contributed by atoms with Crippen LogP contribution in [0.2, 0.25) is 0 Å². The van der Waals surface area contributed by atoms with E-state index in [0.717, 1.165) is 64.2 Å². The maximum Gasteiger partial charge on any atom is 0.133 e. The summed E-state index contributed by atoms with van der Waals surface area (Å²) >= 11 is 6.74. The lowest BCUT2D eigenvalue weighted by molar-refractivity contribution is 0.155. The zero-order chi connectivity index (χ0) is 21.5. The lowest BCUT2D eigenvalue weighted by Gasteiger charge is -2.32. The fraction of sp³-hybridized carbons (Fsp3) is 0.500. The molecule has 0 saturated carbocycles. The van der Waals surface area contributed by atoms with E-state index in [1.165, 1.54) is 0 Å². The first-order chi connectivity index (χ1) is 14.5. The molecule has 2 aliphatic rings. The van der Waals surface area contributed by atoms with Crippen molar-refractivity contribution in [3.8, 4) is 0 Å². The first-order valence-corrected chi connectivity index (χ1v) is 11.0. The molecule has 0 aliphatic carbocycles. The second kappa shape index (κ2) is 10.7. The molecule has 0 amide bonds. The summed E-state index contributed by atoms with van der Waals surface area (Å²) in [6.45, 7) is 7.55. The number of hydrogen-bond acceptors (Lipinski definition) is 6. The number of likely N-dealkylation sites (N-methyl/N-ethyl adjacent to an activating group) is 1. The first-order valence-electron chi connectivity index (χ1n) is 10.7. The fourth-order valence-corrected chi connectivity index (χ4v) is 4.14. The van der Waals surface area contributed by atoms with Crippen LogP contribution in [0.5, 0.6) is 0 Å². The van der Waals surface area contributed by atoms with Crippen molar-refractivity contribution in [1.82, 2.24) is 20.0 Å². The van der Waals surface area contributed by atoms with E-state index in [9.17, 15) is 0 Å². The summed E-state index contributed by atoms with van der Waals surface area (Å²) in [6.07, 6.45) is 2.14. The van der Waals surface area contributed by atoms with Gasteiger partial charge in [0.25, 0.3) is 0 Å². The monoisotopic (exact) mass is 431 g/mol. The molecule has 2 aliphatic heterocycles. The van der Waals surface area contributed by atoms with Crippen molar-refractivity contribution in [2.75, 3.05) is 59.4 Å². The van der Waals surface area contributed by atoms with Gasteiger partial charge in [-0.1, -0.05) is 41.9 Å². The van der Waals surface area contributed by atoms with Crippen molar-refractivity contribution >= 4 is 23.1 Å². The van der Waals surface area contributed by atoms with Crippen molar-refractivity contribution in [3.63, 3.8) is 0 Å². The average Bonchev–Trinajstić information content (AvgIpc) is 3.30. The highest BCUT2D eigenvalue weighted by molar-refractivity contribution is 6.38. The zero-order valence-corrected chi connectivity index (χ0v) is 18.6. The van der Waals surface area contributed by atoms with E-state index in [0.29, 0.717) is 34.5 Å². The molecule has 2 saturated heterocycles. The molecule has 0 radical (unpaired) electrons. The van der Waals surface area contributed by atoms with Crippen LogP contribution < -0.4 is 16.8 Å². The highest BCUT2D eigenvalue weighted by atomic mass is 35.5. The molecule has 0 bridgehead atoms. The van der Waals surface area contributed by atoms with E-state index in [4.69, 9.17) is 28.5 Å². The molecule has 30 heavy (non-hydrogen) atoms. The van der Waals surface area contributed by atoms with Crippen molar-refractivity contribution in [3.05, 3.63) is 52.3 Å². The smallest absolute Gasteiger partial charge is 0.133 e. The average molecular weight is 432 g/mol. The topological polar surface area (TPSA) is 97.6 Å². The van der Waals surface area contributed by atoms with E-state index in [1.807, 2.05) is 35.2 Å². The molecule has 164 valence electrons. The summed E-state index contributed by atoms with van der Waals surface area (Å²) in [5, 5.41) is 12.4. The molecule has 0 atom stereocenters. The third-order valence-corrected chi connectivity index (χ3v) is 6.20. The van der Waals surface area contributed by atoms with Gasteiger partial charge in [-0.15, -0.1) is 0 Å². The highest BCUT2D eigenvalue weighted by Crippen LogP contribution is 2.27. The van der Waals surface area contributed by atoms with Gasteiger partial charge in [-0.05, 0) is 25.5 Å². The Kier molecular flexibility index (Phi) is 8.01. The standard InChI is InChI=1S/C22H34ClN7/c1-28-13-15-29(16-14-28)12-9-27-21(25)18(22(26)30-10-5-6-11-30)19(23)20(24)17-7-3-2-4-8-17/h2-4,7-8,26-27H,5-6,9-16,24-25H2,1H3/b20-19+,21-18-,26-22?. The Morgan fingerprint density at radius 1 is 1.03 bits per heavy atom. The van der Waals surface area contributed by atoms with Crippen LogP contribution in [0.3, 0.4) is 0 Å². The predicted octanol–water partition coefficient (Wildman–Crippen LogP) is 1.63. The van der Waals surface area contributed by atoms with Gasteiger partial charge in [-0.25, -0.2) is 0 Å². The first kappa shape index (κ1) is 22.5. The van der Waals surface area contributed by atoms with Gasteiger partial charge in [-0.3, -0.25) is 10.3 Å². The number of nitrogens with one attached hydrogen (secondary N) is 2. The molecule has 0 unspecified atom stereocenters. The van der Waals surface area contributed by atoms with E-state index < -0.39 is 0 Å². The van der Waals surface area contributed by atoms with Crippen molar-refractivity contribution in [2.45, 2.75) is 12.8 Å². The van der Waals surface area contributed by atoms with Gasteiger partial charge in [0.1, 0.15) is 11.7 Å². The number of piperazine rings is 1. The number of rotatable bonds is 7. The van der Waals surface area contributed by atoms with Crippen LogP contribution in [0, 0.1) is 5.41 Å². The maximum absolute atomic E-state index is 8.77. The Hall–Kier alpha value is -2.22. The van der Waals surface area contributed by atoms with Crippen molar-refractivity contribution in [1.29, 1.82) is 5.41 Å². The molecule has 2 heterocycles. The molecule has 0 spiro atoms. The van der Waals surface area contributed by atoms with Crippen LogP contribution in [-0.4, -0.2) is 79.9 Å². The molecule has 1 aromatic rings. The molecule has 2 fully saturated rings. The lowest BCUT2D eigenvalue weighted by Crippen LogP contribution is -2.46. The molecule has 6 N–H and O–H groups in total. The molecule has 0 aromatic heterocycles. The SMILES string of the molecule is CN1CCN(CCN/C(N)=C(C(=N)N2CCCC2)/C(Cl)=C(\N)c2ccccc2)CC1. The molecule has 8 heteroatoms. The second-order valence-corrected chi connectivity index (χ2v) is 8.37. The molecular formula is C22H34ClN7. The molecule has 3 rings (SSSR count). The van der Waals surface area contributed by atoms with Crippen LogP contribution in [-0.2, 0) is 0 Å². The van der Waals surface area contributed by atoms with Gasteiger partial charge in [0.05, 0.1) is 16.3 Å². The van der Waals surface area contributed by atoms with Crippen molar-refractivity contribution < 1.29 is 0 Å². The van der Waals surface area contributed by atoms with Crippen LogP contribution in [0.1, 0.15) is 18.4 Å². The fourth-order valence-electron chi connectivity index (χ4n) is 3.84. The van der Waals surface area contributed by atoms with Gasteiger partial charge >= 0.3 is 0 Å². The Balaban J connectivity index is 1.78. The molecule has 7 nitrogen and oxygen atoms in total. The number of benzene rings is 1. The van der Waals surface area contributed by atoms with E-state index in [-0.39, 0.29) is 0 Å². The number of nitrogens with two attached hydrogens (primary N) is 2. The second-order valence-electron chi connectivity index (χ2n) is 8.00. The lowest BCUT2D eigenvalue weighted by atomic mass is 10.1. The minimum Gasteiger partial charge on any atom is -0.397 e. The zero-order valence-electron chi connectivity index (χ0n) is 17.8. The van der Waals surface area contributed by atoms with Crippen LogP contribution in [0.15, 0.2) is 46.8 Å². The predicted molar refractivity (Wildman–Crippen MR) is 125 cm³/mol. The summed E-state index contributed by atoms with van der Waals surface area (Å²) in [6, 6.07) is 9.58. The van der Waals surface area contributed by atoms with Gasteiger partial charge in [0.15, 0.2) is 0 Å². The number of nitrogens with zero attached hydrogens (tertiary/aromatic N) is 3. The Bertz CT molecular complexity index is 776. The van der Waals surface area contributed by atoms with E-state index >= 15 is 0 Å². The quantitative estimate of drug-likeness (QED) is 0.297. The van der Waals surface area contributed by atoms with Crippen molar-refractivity contribution in [2.24, 2.45) is 11.5 Å². The maximum atomic E-state index is 8.77. The number of halogens is 1. The minimum absolute atomic E-state index is 0.322. The number of hydrogen-bond donors (Lipinski definition) is 4. The number of amidine groups is 1. The Labute approximate surface area is 184 Å². The summed E-state index contributed by atoms with van der Waals surface area (Å²) in [7, 11) is 2.15. The third kappa shape index (κ3) is 5.68. The number of likely N-dealkylation sites (tertiary alicyclic amines) is 1. The normalized spacial score (nSPS) is 20.0. The highest BCUT2D eigenvalue weighted by Gasteiger charge is 2.24.